The first kappa shape index (κ1) is 28.7. The Morgan fingerprint density at radius 2 is 1.09 bits per heavy atom. The Hall–Kier alpha value is -6.98. The maximum Gasteiger partial charge on any atom is 0.434 e. The van der Waals surface area contributed by atoms with Crippen molar-refractivity contribution in [3.63, 3.8) is 0 Å². The number of aromatic nitrogens is 1. The van der Waals surface area contributed by atoms with Gasteiger partial charge in [0.1, 0.15) is 28.4 Å². The fourth-order valence-corrected chi connectivity index (χ4v) is 8.64. The molecule has 5 heteroatoms. The van der Waals surface area contributed by atoms with Crippen molar-refractivity contribution in [3.05, 3.63) is 170 Å². The van der Waals surface area contributed by atoms with Crippen LogP contribution in [0.15, 0.2) is 174 Å². The molecule has 0 saturated carbocycles. The lowest BCUT2D eigenvalue weighted by Crippen LogP contribution is -2.53. The molecule has 0 fully saturated rings. The minimum Gasteiger partial charge on any atom is -0.551 e. The molecule has 0 spiro atoms. The highest BCUT2D eigenvalue weighted by atomic mass is 16.5. The minimum absolute atomic E-state index is 0.288. The smallest absolute Gasteiger partial charge is 0.434 e. The summed E-state index contributed by atoms with van der Waals surface area (Å²) in [5.41, 5.74) is 13.9. The van der Waals surface area contributed by atoms with E-state index >= 15 is 0 Å². The van der Waals surface area contributed by atoms with Gasteiger partial charge in [-0.3, -0.25) is 0 Å². The highest BCUT2D eigenvalue weighted by molar-refractivity contribution is 6.84. The maximum absolute atomic E-state index is 6.91. The molecule has 246 valence electrons. The molecular weight excluding hydrogens is 649 g/mol. The summed E-state index contributed by atoms with van der Waals surface area (Å²) in [6, 6.07) is 60.0. The lowest BCUT2D eigenvalue weighted by Gasteiger charge is -2.33. The first-order valence-electron chi connectivity index (χ1n) is 18.0. The molecule has 0 amide bonds. The molecule has 2 aromatic heterocycles. The van der Waals surface area contributed by atoms with E-state index in [9.17, 15) is 0 Å². The lowest BCUT2D eigenvalue weighted by atomic mass is 9.50. The number of rotatable bonds is 3. The minimum atomic E-state index is -0.288. The van der Waals surface area contributed by atoms with Crippen LogP contribution in [0.25, 0.3) is 82.8 Å². The zero-order valence-electron chi connectivity index (χ0n) is 28.4. The van der Waals surface area contributed by atoms with Gasteiger partial charge < -0.3 is 18.4 Å². The van der Waals surface area contributed by atoms with E-state index in [0.29, 0.717) is 0 Å². The van der Waals surface area contributed by atoms with E-state index in [1.54, 1.807) is 0 Å². The van der Waals surface area contributed by atoms with Gasteiger partial charge in [0, 0.05) is 43.7 Å². The number of fused-ring (bicyclic) bond motifs is 10. The number of furan rings is 1. The second kappa shape index (κ2) is 10.8. The molecule has 2 aliphatic rings. The van der Waals surface area contributed by atoms with E-state index < -0.39 is 0 Å². The number of para-hydroxylation sites is 4. The number of benzene rings is 8. The Morgan fingerprint density at radius 1 is 0.415 bits per heavy atom. The van der Waals surface area contributed by atoms with Crippen LogP contribution in [0, 0.1) is 0 Å². The third kappa shape index (κ3) is 4.19. The Bertz CT molecular complexity index is 3100. The number of hydrogen-bond donors (Lipinski definition) is 0. The van der Waals surface area contributed by atoms with E-state index in [1.807, 2.05) is 18.2 Å². The largest absolute Gasteiger partial charge is 0.551 e. The van der Waals surface area contributed by atoms with Crippen molar-refractivity contribution in [2.24, 2.45) is 0 Å². The summed E-state index contributed by atoms with van der Waals surface area (Å²) in [6.45, 7) is -0.288. The zero-order valence-corrected chi connectivity index (χ0v) is 28.4. The normalized spacial score (nSPS) is 12.8. The van der Waals surface area contributed by atoms with Gasteiger partial charge in [0.25, 0.3) is 0 Å². The Labute approximate surface area is 305 Å². The molecule has 0 aliphatic carbocycles. The summed E-state index contributed by atoms with van der Waals surface area (Å²) in [5.74, 6) is 2.49. The monoisotopic (exact) mass is 677 g/mol. The highest BCUT2D eigenvalue weighted by Gasteiger charge is 2.41. The van der Waals surface area contributed by atoms with Crippen molar-refractivity contribution < 1.29 is 13.8 Å². The van der Waals surface area contributed by atoms with Crippen LogP contribution in [-0.4, -0.2) is 11.5 Å². The quantitative estimate of drug-likeness (QED) is 0.175. The molecule has 0 saturated heterocycles. The van der Waals surface area contributed by atoms with Crippen LogP contribution >= 0.6 is 0 Å². The van der Waals surface area contributed by atoms with Crippen LogP contribution in [0.1, 0.15) is 0 Å². The van der Waals surface area contributed by atoms with Gasteiger partial charge in [0.2, 0.25) is 0 Å². The molecule has 0 radical (unpaired) electrons. The van der Waals surface area contributed by atoms with Crippen LogP contribution < -0.4 is 20.3 Å². The molecule has 0 atom stereocenters. The summed E-state index contributed by atoms with van der Waals surface area (Å²) >= 11 is 0. The van der Waals surface area contributed by atoms with Crippen LogP contribution in [-0.2, 0) is 0 Å². The van der Waals surface area contributed by atoms with Crippen LogP contribution in [0.4, 0.5) is 0 Å². The SMILES string of the molecule is c1cc(-c2ccc3c(c2)Oc2cc(-c4ccc5c(c4)oc4ccccc45)cc4c2B3Oc2ccccc2-4)cc(-n2c3ccccc3c3ccccc32)c1. The van der Waals surface area contributed by atoms with Crippen molar-refractivity contribution in [2.75, 3.05) is 0 Å². The van der Waals surface area contributed by atoms with Gasteiger partial charge in [-0.25, -0.2) is 0 Å². The summed E-state index contributed by atoms with van der Waals surface area (Å²) < 4.78 is 22.4. The van der Waals surface area contributed by atoms with Gasteiger partial charge in [-0.15, -0.1) is 0 Å². The first-order valence-corrected chi connectivity index (χ1v) is 18.0. The average molecular weight is 678 g/mol. The molecular formula is C48H28BNO3. The van der Waals surface area contributed by atoms with Crippen LogP contribution in [0.5, 0.6) is 17.2 Å². The molecule has 10 aromatic rings. The summed E-state index contributed by atoms with van der Waals surface area (Å²) in [4.78, 5) is 0. The molecule has 0 N–H and O–H groups in total. The first-order chi connectivity index (χ1) is 26.2. The molecule has 12 rings (SSSR count). The summed E-state index contributed by atoms with van der Waals surface area (Å²) in [6.07, 6.45) is 0. The number of hydrogen-bond acceptors (Lipinski definition) is 3. The maximum atomic E-state index is 6.91. The van der Waals surface area contributed by atoms with Crippen LogP contribution in [0.3, 0.4) is 0 Å². The summed E-state index contributed by atoms with van der Waals surface area (Å²) in [7, 11) is 0. The summed E-state index contributed by atoms with van der Waals surface area (Å²) in [5, 5.41) is 4.74. The molecule has 53 heavy (non-hydrogen) atoms. The van der Waals surface area contributed by atoms with Crippen molar-refractivity contribution in [1.29, 1.82) is 0 Å². The second-order valence-electron chi connectivity index (χ2n) is 14.0. The molecule has 4 heterocycles. The molecule has 4 nitrogen and oxygen atoms in total. The van der Waals surface area contributed by atoms with Gasteiger partial charge in [-0.1, -0.05) is 103 Å². The Morgan fingerprint density at radius 3 is 1.96 bits per heavy atom. The second-order valence-corrected chi connectivity index (χ2v) is 14.0. The predicted octanol–water partition coefficient (Wildman–Crippen LogP) is 11.3. The average Bonchev–Trinajstić information content (AvgIpc) is 3.76. The van der Waals surface area contributed by atoms with Crippen molar-refractivity contribution >= 4 is 61.6 Å². The third-order valence-corrected chi connectivity index (χ3v) is 11.1. The van der Waals surface area contributed by atoms with E-state index in [0.717, 1.165) is 89.2 Å². The molecule has 2 aliphatic heterocycles. The van der Waals surface area contributed by atoms with Gasteiger partial charge in [-0.2, -0.15) is 0 Å². The zero-order chi connectivity index (χ0) is 34.6. The van der Waals surface area contributed by atoms with E-state index in [4.69, 9.17) is 13.8 Å². The fraction of sp³-hybridized carbons (Fsp3) is 0. The number of ether oxygens (including phenoxy) is 1. The van der Waals surface area contributed by atoms with E-state index in [1.165, 1.54) is 21.8 Å². The van der Waals surface area contributed by atoms with E-state index in [-0.39, 0.29) is 6.92 Å². The van der Waals surface area contributed by atoms with Gasteiger partial charge in [0.05, 0.1) is 11.0 Å². The molecule has 8 aromatic carbocycles. The van der Waals surface area contributed by atoms with Crippen molar-refractivity contribution in [3.8, 4) is 56.3 Å². The van der Waals surface area contributed by atoms with Gasteiger partial charge >= 0.3 is 6.92 Å². The van der Waals surface area contributed by atoms with Gasteiger partial charge in [-0.05, 0) is 94.5 Å². The Balaban J connectivity index is 0.990. The fourth-order valence-electron chi connectivity index (χ4n) is 8.64. The van der Waals surface area contributed by atoms with E-state index in [2.05, 4.69) is 156 Å². The standard InChI is InChI=1S/C48H28BNO3/c1-5-16-41-34(12-1)35-13-2-6-17-42(35)50(41)33-11-9-10-29(24-33)30-21-23-40-46(27-30)52-47-28-32(25-39-37-15-4-8-19-44(37)53-49(40)48(39)47)31-20-22-38-36-14-3-7-18-43(36)51-45(38)26-31/h1-28H. The van der Waals surface area contributed by atoms with Crippen molar-refractivity contribution in [1.82, 2.24) is 4.57 Å². The van der Waals surface area contributed by atoms with Crippen molar-refractivity contribution in [2.45, 2.75) is 0 Å². The lowest BCUT2D eigenvalue weighted by molar-refractivity contribution is 0.480. The molecule has 0 unspecified atom stereocenters. The molecule has 0 bridgehead atoms. The third-order valence-electron chi connectivity index (χ3n) is 11.1. The van der Waals surface area contributed by atoms with Gasteiger partial charge in [0.15, 0.2) is 0 Å². The highest BCUT2D eigenvalue weighted by Crippen LogP contribution is 2.43. The number of nitrogens with zero attached hydrogens (tertiary/aromatic N) is 1. The predicted molar refractivity (Wildman–Crippen MR) is 217 cm³/mol. The Kier molecular flexibility index (Phi) is 5.83. The van der Waals surface area contributed by atoms with Crippen LogP contribution in [0.2, 0.25) is 0 Å². The topological polar surface area (TPSA) is 36.5 Å².